The summed E-state index contributed by atoms with van der Waals surface area (Å²) in [4.78, 5) is 3.74. The van der Waals surface area contributed by atoms with E-state index in [1.807, 2.05) is 14.1 Å². The van der Waals surface area contributed by atoms with Crippen LogP contribution >= 0.6 is 11.6 Å². The van der Waals surface area contributed by atoms with E-state index in [2.05, 4.69) is 33.9 Å². The molecule has 0 spiro atoms. The van der Waals surface area contributed by atoms with Crippen molar-refractivity contribution in [1.29, 1.82) is 0 Å². The number of benzene rings is 2. The molecule has 27 heavy (non-hydrogen) atoms. The summed E-state index contributed by atoms with van der Waals surface area (Å²) in [5.74, 6) is 0. The minimum absolute atomic E-state index is 0.103. The molecule has 1 saturated heterocycles. The Balaban J connectivity index is 1.78. The van der Waals surface area contributed by atoms with Crippen LogP contribution in [0.15, 0.2) is 53.4 Å². The summed E-state index contributed by atoms with van der Waals surface area (Å²) in [6, 6.07) is 14.8. The van der Waals surface area contributed by atoms with Gasteiger partial charge in [-0.2, -0.15) is 0 Å². The number of quaternary nitrogens is 1. The molecule has 0 amide bonds. The van der Waals surface area contributed by atoms with Crippen LogP contribution in [-0.2, 0) is 10.0 Å². The van der Waals surface area contributed by atoms with Crippen LogP contribution in [0, 0.1) is 0 Å². The van der Waals surface area contributed by atoms with E-state index < -0.39 is 10.0 Å². The number of sulfonamides is 1. The zero-order valence-electron chi connectivity index (χ0n) is 15.8. The lowest BCUT2D eigenvalue weighted by Crippen LogP contribution is -3.11. The molecule has 1 aliphatic rings. The second-order valence-corrected chi connectivity index (χ2v) is 9.41. The normalized spacial score (nSPS) is 16.4. The van der Waals surface area contributed by atoms with Crippen molar-refractivity contribution in [3.05, 3.63) is 59.1 Å². The van der Waals surface area contributed by atoms with Gasteiger partial charge < -0.3 is 9.80 Å². The van der Waals surface area contributed by atoms with Gasteiger partial charge in [0.1, 0.15) is 6.04 Å². The highest BCUT2D eigenvalue weighted by Crippen LogP contribution is 2.18. The number of anilines is 1. The Labute approximate surface area is 167 Å². The van der Waals surface area contributed by atoms with Gasteiger partial charge in [0.15, 0.2) is 0 Å². The van der Waals surface area contributed by atoms with Crippen LogP contribution < -0.4 is 14.5 Å². The predicted molar refractivity (Wildman–Crippen MR) is 110 cm³/mol. The molecule has 2 aromatic carbocycles. The van der Waals surface area contributed by atoms with Gasteiger partial charge in [-0.15, -0.1) is 0 Å². The fraction of sp³-hybridized carbons (Fsp3) is 0.400. The average Bonchev–Trinajstić information content (AvgIpc) is 3.17. The van der Waals surface area contributed by atoms with Crippen molar-refractivity contribution in [2.45, 2.75) is 23.8 Å². The lowest BCUT2D eigenvalue weighted by Gasteiger charge is -2.26. The third-order valence-corrected chi connectivity index (χ3v) is 6.84. The molecular weight excluding hydrogens is 382 g/mol. The second-order valence-electron chi connectivity index (χ2n) is 7.21. The van der Waals surface area contributed by atoms with E-state index in [4.69, 9.17) is 11.6 Å². The zero-order valence-corrected chi connectivity index (χ0v) is 17.4. The van der Waals surface area contributed by atoms with Gasteiger partial charge in [-0.05, 0) is 36.4 Å². The van der Waals surface area contributed by atoms with E-state index in [-0.39, 0.29) is 10.9 Å². The van der Waals surface area contributed by atoms with Crippen LogP contribution in [0.2, 0.25) is 5.02 Å². The third kappa shape index (κ3) is 5.02. The Hall–Kier alpha value is -1.60. The molecule has 2 aromatic rings. The van der Waals surface area contributed by atoms with Crippen molar-refractivity contribution in [2.75, 3.05) is 38.6 Å². The molecule has 1 aliphatic heterocycles. The highest BCUT2D eigenvalue weighted by molar-refractivity contribution is 7.89. The van der Waals surface area contributed by atoms with E-state index in [1.54, 1.807) is 12.1 Å². The van der Waals surface area contributed by atoms with E-state index in [0.717, 1.165) is 24.3 Å². The van der Waals surface area contributed by atoms with Gasteiger partial charge in [-0.1, -0.05) is 23.7 Å². The molecule has 5 nitrogen and oxygen atoms in total. The molecule has 146 valence electrons. The van der Waals surface area contributed by atoms with Gasteiger partial charge >= 0.3 is 0 Å². The summed E-state index contributed by atoms with van der Waals surface area (Å²) in [7, 11) is 0.463. The lowest BCUT2D eigenvalue weighted by molar-refractivity contribution is -0.918. The maximum Gasteiger partial charge on any atom is 0.240 e. The number of hydrogen-bond acceptors (Lipinski definition) is 3. The maximum atomic E-state index is 12.7. The average molecular weight is 409 g/mol. The molecule has 2 N–H and O–H groups in total. The van der Waals surface area contributed by atoms with Gasteiger partial charge in [0.2, 0.25) is 10.0 Å². The van der Waals surface area contributed by atoms with Gasteiger partial charge in [-0.3, -0.25) is 0 Å². The molecule has 0 bridgehead atoms. The van der Waals surface area contributed by atoms with Crippen LogP contribution in [-0.4, -0.2) is 42.1 Å². The Morgan fingerprint density at radius 1 is 1.04 bits per heavy atom. The van der Waals surface area contributed by atoms with E-state index in [1.165, 1.54) is 29.9 Å². The number of likely N-dealkylation sites (tertiary alicyclic amines) is 1. The maximum absolute atomic E-state index is 12.7. The summed E-state index contributed by atoms with van der Waals surface area (Å²) in [6.07, 6.45) is 2.37. The van der Waals surface area contributed by atoms with E-state index in [0.29, 0.717) is 11.6 Å². The molecule has 7 heteroatoms. The minimum Gasteiger partial charge on any atom is -0.378 e. The summed E-state index contributed by atoms with van der Waals surface area (Å²) in [6.45, 7) is 2.52. The van der Waals surface area contributed by atoms with Crippen LogP contribution in [0.1, 0.15) is 24.4 Å². The molecule has 1 atom stereocenters. The molecule has 0 aliphatic carbocycles. The number of rotatable bonds is 7. The van der Waals surface area contributed by atoms with Gasteiger partial charge in [-0.25, -0.2) is 13.1 Å². The summed E-state index contributed by atoms with van der Waals surface area (Å²) in [5, 5.41) is 0.523. The highest BCUT2D eigenvalue weighted by Gasteiger charge is 2.29. The van der Waals surface area contributed by atoms with Gasteiger partial charge in [0, 0.05) is 43.2 Å². The smallest absolute Gasteiger partial charge is 0.240 e. The van der Waals surface area contributed by atoms with Crippen molar-refractivity contribution in [3.8, 4) is 0 Å². The first-order valence-electron chi connectivity index (χ1n) is 9.24. The van der Waals surface area contributed by atoms with E-state index >= 15 is 0 Å². The number of nitrogens with zero attached hydrogens (tertiary/aromatic N) is 1. The Kier molecular flexibility index (Phi) is 6.42. The fourth-order valence-corrected chi connectivity index (χ4v) is 4.74. The summed E-state index contributed by atoms with van der Waals surface area (Å²) >= 11 is 5.87. The van der Waals surface area contributed by atoms with Crippen molar-refractivity contribution >= 4 is 27.3 Å². The van der Waals surface area contributed by atoms with Crippen molar-refractivity contribution < 1.29 is 13.3 Å². The number of nitrogens with one attached hydrogen (secondary N) is 2. The first kappa shape index (κ1) is 20.1. The highest BCUT2D eigenvalue weighted by atomic mass is 35.5. The SMILES string of the molecule is CN(C)c1ccc([C@@H](CNS(=O)(=O)c2ccc(Cl)cc2)[NH+]2CCCC2)cc1. The molecule has 0 radical (unpaired) electrons. The molecule has 1 fully saturated rings. The van der Waals surface area contributed by atoms with Gasteiger partial charge in [0.25, 0.3) is 0 Å². The monoisotopic (exact) mass is 408 g/mol. The van der Waals surface area contributed by atoms with Crippen LogP contribution in [0.3, 0.4) is 0 Å². The van der Waals surface area contributed by atoms with Crippen LogP contribution in [0.25, 0.3) is 0 Å². The Bertz CT molecular complexity index is 846. The molecule has 0 saturated carbocycles. The zero-order chi connectivity index (χ0) is 19.4. The lowest BCUT2D eigenvalue weighted by atomic mass is 10.1. The Morgan fingerprint density at radius 2 is 1.63 bits per heavy atom. The third-order valence-electron chi connectivity index (χ3n) is 5.15. The molecular formula is C20H27ClN3O2S+. The second kappa shape index (κ2) is 8.61. The summed E-state index contributed by atoms with van der Waals surface area (Å²) < 4.78 is 28.1. The summed E-state index contributed by atoms with van der Waals surface area (Å²) in [5.41, 5.74) is 2.30. The van der Waals surface area contributed by atoms with Crippen molar-refractivity contribution in [2.24, 2.45) is 0 Å². The van der Waals surface area contributed by atoms with Crippen molar-refractivity contribution in [1.82, 2.24) is 4.72 Å². The minimum atomic E-state index is -3.56. The standard InChI is InChI=1S/C20H26ClN3O2S/c1-23(2)18-9-5-16(6-10-18)20(24-13-3-4-14-24)15-22-27(25,26)19-11-7-17(21)8-12-19/h5-12,20,22H,3-4,13-15H2,1-2H3/p+1/t20-/m1/s1. The topological polar surface area (TPSA) is 53.9 Å². The molecule has 0 unspecified atom stereocenters. The van der Waals surface area contributed by atoms with Crippen LogP contribution in [0.5, 0.6) is 0 Å². The molecule has 0 aromatic heterocycles. The Morgan fingerprint density at radius 3 is 2.19 bits per heavy atom. The van der Waals surface area contributed by atoms with Gasteiger partial charge in [0.05, 0.1) is 24.5 Å². The largest absolute Gasteiger partial charge is 0.378 e. The number of halogens is 1. The molecule has 3 rings (SSSR count). The number of hydrogen-bond donors (Lipinski definition) is 2. The van der Waals surface area contributed by atoms with Crippen LogP contribution in [0.4, 0.5) is 5.69 Å². The first-order chi connectivity index (χ1) is 12.9. The molecule has 1 heterocycles. The van der Waals surface area contributed by atoms with E-state index in [9.17, 15) is 8.42 Å². The van der Waals surface area contributed by atoms with Crippen molar-refractivity contribution in [3.63, 3.8) is 0 Å². The predicted octanol–water partition coefficient (Wildman–Crippen LogP) is 2.10. The first-order valence-corrected chi connectivity index (χ1v) is 11.1. The quantitative estimate of drug-likeness (QED) is 0.737. The fourth-order valence-electron chi connectivity index (χ4n) is 3.57.